The van der Waals surface area contributed by atoms with E-state index in [1.807, 2.05) is 5.38 Å². The summed E-state index contributed by atoms with van der Waals surface area (Å²) < 4.78 is 0. The number of nitrogens with zero attached hydrogens (tertiary/aromatic N) is 1. The van der Waals surface area contributed by atoms with Crippen molar-refractivity contribution in [1.82, 2.24) is 4.98 Å². The number of hydrogen-bond donors (Lipinski definition) is 1. The van der Waals surface area contributed by atoms with Crippen molar-refractivity contribution in [1.29, 1.82) is 0 Å². The Labute approximate surface area is 92.9 Å². The van der Waals surface area contributed by atoms with E-state index in [1.165, 1.54) is 22.7 Å². The van der Waals surface area contributed by atoms with Crippen LogP contribution in [0.5, 0.6) is 0 Å². The van der Waals surface area contributed by atoms with E-state index in [-0.39, 0.29) is 0 Å². The van der Waals surface area contributed by atoms with Crippen molar-refractivity contribution in [2.75, 3.05) is 5.73 Å². The summed E-state index contributed by atoms with van der Waals surface area (Å²) in [6.45, 7) is 0. The Bertz CT molecular complexity index is 435. The van der Waals surface area contributed by atoms with Crippen LogP contribution in [0.4, 0.5) is 5.13 Å². The van der Waals surface area contributed by atoms with Crippen molar-refractivity contribution in [2.45, 2.75) is 0 Å². The van der Waals surface area contributed by atoms with Crippen LogP contribution in [0.2, 0.25) is 10.0 Å². The highest BCUT2D eigenvalue weighted by molar-refractivity contribution is 7.16. The number of nitrogens with two attached hydrogens (primary N) is 1. The standard InChI is InChI=1S/C7H4Cl2N2S2/c8-3-1-12-6(5(3)9)4-2-13-7(10)11-4/h1-2H,(H2,10,11). The summed E-state index contributed by atoms with van der Waals surface area (Å²) in [5.41, 5.74) is 6.30. The SMILES string of the molecule is Nc1nc(-c2scc(Cl)c2Cl)cs1. The van der Waals surface area contributed by atoms with Crippen molar-refractivity contribution in [2.24, 2.45) is 0 Å². The number of rotatable bonds is 1. The normalized spacial score (nSPS) is 10.6. The fourth-order valence-electron chi connectivity index (χ4n) is 0.887. The second kappa shape index (κ2) is 3.46. The Kier molecular flexibility index (Phi) is 2.47. The van der Waals surface area contributed by atoms with E-state index < -0.39 is 0 Å². The van der Waals surface area contributed by atoms with E-state index in [1.54, 1.807) is 5.38 Å². The quantitative estimate of drug-likeness (QED) is 0.838. The molecule has 0 atom stereocenters. The number of nitrogen functional groups attached to an aromatic ring is 1. The summed E-state index contributed by atoms with van der Waals surface area (Å²) in [7, 11) is 0. The third kappa shape index (κ3) is 1.67. The van der Waals surface area contributed by atoms with Gasteiger partial charge >= 0.3 is 0 Å². The molecule has 0 fully saturated rings. The molecule has 2 rings (SSSR count). The van der Waals surface area contributed by atoms with Gasteiger partial charge in [0.2, 0.25) is 0 Å². The van der Waals surface area contributed by atoms with Crippen LogP contribution in [-0.2, 0) is 0 Å². The van der Waals surface area contributed by atoms with Crippen LogP contribution >= 0.6 is 45.9 Å². The molecule has 0 bridgehead atoms. The number of aromatic nitrogens is 1. The molecule has 2 aromatic heterocycles. The van der Waals surface area contributed by atoms with Gasteiger partial charge in [0.1, 0.15) is 0 Å². The number of hydrogen-bond acceptors (Lipinski definition) is 4. The number of thiophene rings is 1. The van der Waals surface area contributed by atoms with Crippen molar-refractivity contribution in [3.8, 4) is 10.6 Å². The zero-order valence-corrected chi connectivity index (χ0v) is 9.40. The molecule has 2 N–H and O–H groups in total. The van der Waals surface area contributed by atoms with Gasteiger partial charge < -0.3 is 5.73 Å². The molecule has 13 heavy (non-hydrogen) atoms. The van der Waals surface area contributed by atoms with Gasteiger partial charge in [0.15, 0.2) is 5.13 Å². The molecular weight excluding hydrogens is 247 g/mol. The summed E-state index contributed by atoms with van der Waals surface area (Å²) >= 11 is 14.6. The summed E-state index contributed by atoms with van der Waals surface area (Å²) in [4.78, 5) is 4.99. The van der Waals surface area contributed by atoms with Crippen LogP contribution in [0, 0.1) is 0 Å². The van der Waals surface area contributed by atoms with Crippen LogP contribution in [0.3, 0.4) is 0 Å². The highest BCUT2D eigenvalue weighted by atomic mass is 35.5. The van der Waals surface area contributed by atoms with Crippen LogP contribution in [0.1, 0.15) is 0 Å². The first kappa shape index (κ1) is 9.27. The number of anilines is 1. The Balaban J connectivity index is 2.52. The van der Waals surface area contributed by atoms with Crippen LogP contribution in [0.25, 0.3) is 10.6 Å². The molecule has 0 aromatic carbocycles. The predicted molar refractivity (Wildman–Crippen MR) is 59.9 cm³/mol. The van der Waals surface area contributed by atoms with Crippen molar-refractivity contribution >= 4 is 51.0 Å². The molecule has 0 unspecified atom stereocenters. The highest BCUT2D eigenvalue weighted by Crippen LogP contribution is 2.39. The first-order valence-electron chi connectivity index (χ1n) is 3.32. The molecule has 0 saturated heterocycles. The fourth-order valence-corrected chi connectivity index (χ4v) is 2.93. The molecule has 2 heterocycles. The van der Waals surface area contributed by atoms with Crippen LogP contribution in [0.15, 0.2) is 10.8 Å². The second-order valence-electron chi connectivity index (χ2n) is 2.30. The molecule has 0 radical (unpaired) electrons. The molecule has 0 aliphatic carbocycles. The van der Waals surface area contributed by atoms with Gasteiger partial charge in [-0.3, -0.25) is 0 Å². The molecule has 0 aliphatic rings. The predicted octanol–water partition coefficient (Wildman–Crippen LogP) is 3.76. The van der Waals surface area contributed by atoms with Crippen molar-refractivity contribution in [3.63, 3.8) is 0 Å². The maximum absolute atomic E-state index is 5.95. The minimum atomic E-state index is 0.538. The van der Waals surface area contributed by atoms with E-state index >= 15 is 0 Å². The van der Waals surface area contributed by atoms with E-state index in [0.29, 0.717) is 15.2 Å². The first-order valence-corrected chi connectivity index (χ1v) is 5.84. The van der Waals surface area contributed by atoms with Crippen LogP contribution < -0.4 is 5.73 Å². The van der Waals surface area contributed by atoms with Gasteiger partial charge in [-0.1, -0.05) is 23.2 Å². The lowest BCUT2D eigenvalue weighted by molar-refractivity contribution is 1.43. The van der Waals surface area contributed by atoms with Gasteiger partial charge in [0, 0.05) is 10.8 Å². The third-order valence-electron chi connectivity index (χ3n) is 1.44. The van der Waals surface area contributed by atoms with Gasteiger partial charge in [0.25, 0.3) is 0 Å². The van der Waals surface area contributed by atoms with E-state index in [9.17, 15) is 0 Å². The minimum absolute atomic E-state index is 0.538. The summed E-state index contributed by atoms with van der Waals surface area (Å²) in [5.74, 6) is 0. The zero-order chi connectivity index (χ0) is 9.42. The molecule has 2 aromatic rings. The lowest BCUT2D eigenvalue weighted by Gasteiger charge is -1.90. The Hall–Kier alpha value is -0.290. The van der Waals surface area contributed by atoms with E-state index in [2.05, 4.69) is 4.98 Å². The molecule has 0 aliphatic heterocycles. The molecule has 0 saturated carbocycles. The summed E-state index contributed by atoms with van der Waals surface area (Å²) in [6, 6.07) is 0. The molecule has 0 amide bonds. The average molecular weight is 251 g/mol. The van der Waals surface area contributed by atoms with Crippen LogP contribution in [-0.4, -0.2) is 4.98 Å². The van der Waals surface area contributed by atoms with Gasteiger partial charge in [-0.25, -0.2) is 4.98 Å². The fraction of sp³-hybridized carbons (Fsp3) is 0. The zero-order valence-electron chi connectivity index (χ0n) is 6.25. The van der Waals surface area contributed by atoms with Gasteiger partial charge in [-0.15, -0.1) is 22.7 Å². The molecule has 68 valence electrons. The maximum atomic E-state index is 5.95. The van der Waals surface area contributed by atoms with Crippen molar-refractivity contribution < 1.29 is 0 Å². The smallest absolute Gasteiger partial charge is 0.180 e. The second-order valence-corrected chi connectivity index (χ2v) is 4.85. The van der Waals surface area contributed by atoms with Crippen molar-refractivity contribution in [3.05, 3.63) is 20.8 Å². The summed E-state index contributed by atoms with van der Waals surface area (Å²) in [6.07, 6.45) is 0. The third-order valence-corrected chi connectivity index (χ3v) is 4.15. The Morgan fingerprint density at radius 3 is 2.46 bits per heavy atom. The monoisotopic (exact) mass is 250 g/mol. The minimum Gasteiger partial charge on any atom is -0.375 e. The Morgan fingerprint density at radius 2 is 2.00 bits per heavy atom. The highest BCUT2D eigenvalue weighted by Gasteiger charge is 2.12. The lowest BCUT2D eigenvalue weighted by atomic mass is 10.4. The molecular formula is C7H4Cl2N2S2. The van der Waals surface area contributed by atoms with Gasteiger partial charge in [-0.2, -0.15) is 0 Å². The lowest BCUT2D eigenvalue weighted by Crippen LogP contribution is -1.81. The van der Waals surface area contributed by atoms with Gasteiger partial charge in [-0.05, 0) is 0 Å². The Morgan fingerprint density at radius 1 is 1.23 bits per heavy atom. The topological polar surface area (TPSA) is 38.9 Å². The molecule has 6 heteroatoms. The molecule has 2 nitrogen and oxygen atoms in total. The maximum Gasteiger partial charge on any atom is 0.180 e. The van der Waals surface area contributed by atoms with E-state index in [0.717, 1.165) is 10.6 Å². The van der Waals surface area contributed by atoms with E-state index in [4.69, 9.17) is 28.9 Å². The largest absolute Gasteiger partial charge is 0.375 e. The average Bonchev–Trinajstić information content (AvgIpc) is 2.62. The number of halogens is 2. The first-order chi connectivity index (χ1) is 6.18. The molecule has 0 spiro atoms. The van der Waals surface area contributed by atoms with Gasteiger partial charge in [0.05, 0.1) is 20.6 Å². The summed E-state index contributed by atoms with van der Waals surface area (Å²) in [5, 5.41) is 5.30. The number of thiazole rings is 1.